The number of rotatable bonds is 5. The van der Waals surface area contributed by atoms with Crippen molar-refractivity contribution in [3.8, 4) is 5.75 Å². The third-order valence-corrected chi connectivity index (χ3v) is 4.17. The number of aryl methyl sites for hydroxylation is 1. The number of methoxy groups -OCH3 is 1. The van der Waals surface area contributed by atoms with E-state index in [0.717, 1.165) is 11.1 Å². The lowest BCUT2D eigenvalue weighted by molar-refractivity contribution is 0.0940. The summed E-state index contributed by atoms with van der Waals surface area (Å²) in [5.41, 5.74) is 3.79. The molecule has 3 rings (SSSR count). The van der Waals surface area contributed by atoms with Crippen molar-refractivity contribution < 1.29 is 9.53 Å². The highest BCUT2D eigenvalue weighted by molar-refractivity contribution is 5.97. The second-order valence-electron chi connectivity index (χ2n) is 5.93. The van der Waals surface area contributed by atoms with Crippen molar-refractivity contribution in [2.45, 2.75) is 13.0 Å². The van der Waals surface area contributed by atoms with Crippen LogP contribution in [-0.2, 0) is 0 Å². The van der Waals surface area contributed by atoms with Crippen LogP contribution >= 0.6 is 0 Å². The first-order valence-corrected chi connectivity index (χ1v) is 8.24. The Hall–Kier alpha value is -3.07. The summed E-state index contributed by atoms with van der Waals surface area (Å²) in [6, 6.07) is 25.2. The van der Waals surface area contributed by atoms with Crippen LogP contribution in [0.2, 0.25) is 0 Å². The Morgan fingerprint density at radius 1 is 0.840 bits per heavy atom. The van der Waals surface area contributed by atoms with Crippen LogP contribution < -0.4 is 10.1 Å². The van der Waals surface area contributed by atoms with Crippen molar-refractivity contribution in [2.24, 2.45) is 0 Å². The number of hydrogen-bond acceptors (Lipinski definition) is 2. The largest absolute Gasteiger partial charge is 0.496 e. The van der Waals surface area contributed by atoms with Gasteiger partial charge in [-0.2, -0.15) is 0 Å². The summed E-state index contributed by atoms with van der Waals surface area (Å²) in [7, 11) is 1.57. The van der Waals surface area contributed by atoms with E-state index < -0.39 is 0 Å². The highest BCUT2D eigenvalue weighted by Crippen LogP contribution is 2.24. The summed E-state index contributed by atoms with van der Waals surface area (Å²) >= 11 is 0. The van der Waals surface area contributed by atoms with Gasteiger partial charge in [-0.3, -0.25) is 4.79 Å². The predicted octanol–water partition coefficient (Wildman–Crippen LogP) is 4.52. The number of hydrogen-bond donors (Lipinski definition) is 1. The molecule has 0 unspecified atom stereocenters. The molecule has 0 aliphatic heterocycles. The highest BCUT2D eigenvalue weighted by Gasteiger charge is 2.19. The van der Waals surface area contributed by atoms with E-state index >= 15 is 0 Å². The summed E-state index contributed by atoms with van der Waals surface area (Å²) in [5.74, 6) is 0.405. The van der Waals surface area contributed by atoms with Crippen molar-refractivity contribution in [1.29, 1.82) is 0 Å². The molecule has 0 spiro atoms. The zero-order valence-electron chi connectivity index (χ0n) is 14.4. The summed E-state index contributed by atoms with van der Waals surface area (Å²) in [6.45, 7) is 2.05. The van der Waals surface area contributed by atoms with E-state index in [2.05, 4.69) is 36.5 Å². The fraction of sp³-hybridized carbons (Fsp3) is 0.136. The van der Waals surface area contributed by atoms with Gasteiger partial charge < -0.3 is 10.1 Å². The van der Waals surface area contributed by atoms with Gasteiger partial charge in [-0.05, 0) is 30.2 Å². The van der Waals surface area contributed by atoms with E-state index in [-0.39, 0.29) is 11.9 Å². The van der Waals surface area contributed by atoms with E-state index in [4.69, 9.17) is 4.74 Å². The minimum atomic E-state index is -0.223. The number of nitrogens with one attached hydrogen (secondary N) is 1. The van der Waals surface area contributed by atoms with Gasteiger partial charge in [0.15, 0.2) is 0 Å². The number of para-hydroxylation sites is 1. The molecule has 0 radical (unpaired) electrons. The lowest BCUT2D eigenvalue weighted by Crippen LogP contribution is -2.29. The molecule has 1 amide bonds. The average Bonchev–Trinajstić information content (AvgIpc) is 2.67. The van der Waals surface area contributed by atoms with Gasteiger partial charge in [-0.15, -0.1) is 0 Å². The van der Waals surface area contributed by atoms with E-state index in [9.17, 15) is 4.79 Å². The van der Waals surface area contributed by atoms with Gasteiger partial charge in [0.1, 0.15) is 5.75 Å². The van der Waals surface area contributed by atoms with Crippen LogP contribution in [0.25, 0.3) is 0 Å². The standard InChI is InChI=1S/C22H21NO2/c1-16-12-14-18(15-13-16)21(17-8-4-3-5-9-17)23-22(24)19-10-6-7-11-20(19)25-2/h3-15,21H,1-2H3,(H,23,24)/t21-/m0/s1. The van der Waals surface area contributed by atoms with Crippen molar-refractivity contribution in [1.82, 2.24) is 5.32 Å². The molecule has 3 nitrogen and oxygen atoms in total. The Kier molecular flexibility index (Phi) is 5.14. The normalized spacial score (nSPS) is 11.6. The molecule has 3 aromatic carbocycles. The molecule has 0 heterocycles. The molecule has 0 saturated carbocycles. The molecule has 126 valence electrons. The summed E-state index contributed by atoms with van der Waals surface area (Å²) in [6.07, 6.45) is 0. The molecule has 1 N–H and O–H groups in total. The van der Waals surface area contributed by atoms with Crippen molar-refractivity contribution in [2.75, 3.05) is 7.11 Å². The lowest BCUT2D eigenvalue weighted by Gasteiger charge is -2.21. The van der Waals surface area contributed by atoms with E-state index in [1.165, 1.54) is 5.56 Å². The smallest absolute Gasteiger partial charge is 0.255 e. The van der Waals surface area contributed by atoms with Crippen LogP contribution in [0.5, 0.6) is 5.75 Å². The van der Waals surface area contributed by atoms with Gasteiger partial charge in [0.05, 0.1) is 18.7 Å². The minimum Gasteiger partial charge on any atom is -0.496 e. The Labute approximate surface area is 148 Å². The minimum absolute atomic E-state index is 0.160. The topological polar surface area (TPSA) is 38.3 Å². The quantitative estimate of drug-likeness (QED) is 0.746. The SMILES string of the molecule is COc1ccccc1C(=O)N[C@@H](c1ccccc1)c1ccc(C)cc1. The number of carbonyl (C=O) groups excluding carboxylic acids is 1. The molecule has 0 aliphatic carbocycles. The predicted molar refractivity (Wildman–Crippen MR) is 99.9 cm³/mol. The number of amides is 1. The molecule has 25 heavy (non-hydrogen) atoms. The van der Waals surface area contributed by atoms with Crippen LogP contribution in [0.3, 0.4) is 0 Å². The Bertz CT molecular complexity index is 841. The Morgan fingerprint density at radius 2 is 1.44 bits per heavy atom. The third kappa shape index (κ3) is 3.89. The van der Waals surface area contributed by atoms with Crippen molar-refractivity contribution in [3.63, 3.8) is 0 Å². The van der Waals surface area contributed by atoms with Crippen LogP contribution in [0.1, 0.15) is 33.1 Å². The van der Waals surface area contributed by atoms with Crippen LogP contribution in [0, 0.1) is 6.92 Å². The van der Waals surface area contributed by atoms with Gasteiger partial charge >= 0.3 is 0 Å². The van der Waals surface area contributed by atoms with Crippen LogP contribution in [0.4, 0.5) is 0 Å². The van der Waals surface area contributed by atoms with E-state index in [0.29, 0.717) is 11.3 Å². The van der Waals surface area contributed by atoms with Crippen molar-refractivity contribution >= 4 is 5.91 Å². The second-order valence-corrected chi connectivity index (χ2v) is 5.93. The van der Waals surface area contributed by atoms with Gasteiger partial charge in [0.2, 0.25) is 0 Å². The fourth-order valence-corrected chi connectivity index (χ4v) is 2.80. The first kappa shape index (κ1) is 16.8. The van der Waals surface area contributed by atoms with Crippen molar-refractivity contribution in [3.05, 3.63) is 101 Å². The van der Waals surface area contributed by atoms with Crippen LogP contribution in [0.15, 0.2) is 78.9 Å². The van der Waals surface area contributed by atoms with E-state index in [1.54, 1.807) is 19.2 Å². The molecule has 0 aliphatic rings. The summed E-state index contributed by atoms with van der Waals surface area (Å²) in [5, 5.41) is 3.14. The zero-order valence-corrected chi connectivity index (χ0v) is 14.4. The number of carbonyl (C=O) groups is 1. The maximum absolute atomic E-state index is 12.9. The average molecular weight is 331 g/mol. The van der Waals surface area contributed by atoms with Gasteiger partial charge in [0.25, 0.3) is 5.91 Å². The maximum Gasteiger partial charge on any atom is 0.255 e. The molecule has 0 fully saturated rings. The molecular weight excluding hydrogens is 310 g/mol. The fourth-order valence-electron chi connectivity index (χ4n) is 2.80. The van der Waals surface area contributed by atoms with Gasteiger partial charge in [0, 0.05) is 0 Å². The monoisotopic (exact) mass is 331 g/mol. The molecule has 0 saturated heterocycles. The zero-order chi connectivity index (χ0) is 17.6. The first-order valence-electron chi connectivity index (χ1n) is 8.24. The third-order valence-electron chi connectivity index (χ3n) is 4.17. The summed E-state index contributed by atoms with van der Waals surface area (Å²) in [4.78, 5) is 12.9. The maximum atomic E-state index is 12.9. The number of ether oxygens (including phenoxy) is 1. The van der Waals surface area contributed by atoms with Gasteiger partial charge in [-0.25, -0.2) is 0 Å². The molecule has 1 atom stereocenters. The Morgan fingerprint density at radius 3 is 2.12 bits per heavy atom. The molecular formula is C22H21NO2. The number of benzene rings is 3. The highest BCUT2D eigenvalue weighted by atomic mass is 16.5. The van der Waals surface area contributed by atoms with E-state index in [1.807, 2.05) is 42.5 Å². The van der Waals surface area contributed by atoms with Gasteiger partial charge in [-0.1, -0.05) is 72.3 Å². The molecule has 0 aromatic heterocycles. The molecule has 3 aromatic rings. The Balaban J connectivity index is 1.95. The first-order chi connectivity index (χ1) is 12.2. The lowest BCUT2D eigenvalue weighted by atomic mass is 9.97. The van der Waals surface area contributed by atoms with Crippen LogP contribution in [-0.4, -0.2) is 13.0 Å². The molecule has 0 bridgehead atoms. The molecule has 3 heteroatoms. The summed E-state index contributed by atoms with van der Waals surface area (Å²) < 4.78 is 5.31. The second kappa shape index (κ2) is 7.67.